The average molecular weight is 301 g/mol. The Labute approximate surface area is 127 Å². The Morgan fingerprint density at radius 2 is 1.95 bits per heavy atom. The fourth-order valence-electron chi connectivity index (χ4n) is 2.98. The number of carboxylic acid groups (broad SMARTS) is 1. The number of aliphatic carboxylic acids is 1. The zero-order chi connectivity index (χ0) is 15.7. The molecular weight excluding hydrogens is 285 g/mol. The second-order valence-electron chi connectivity index (χ2n) is 5.56. The van der Waals surface area contributed by atoms with E-state index in [1.807, 2.05) is 4.57 Å². The summed E-state index contributed by atoms with van der Waals surface area (Å²) in [5, 5.41) is 9.07. The van der Waals surface area contributed by atoms with Crippen LogP contribution >= 0.6 is 0 Å². The normalized spacial score (nSPS) is 14.0. The number of benzene rings is 1. The molecule has 0 unspecified atom stereocenters. The Bertz CT molecular complexity index is 731. The quantitative estimate of drug-likeness (QED) is 0.944. The molecule has 1 aliphatic rings. The fourth-order valence-corrected chi connectivity index (χ4v) is 2.98. The van der Waals surface area contributed by atoms with Crippen LogP contribution < -0.4 is 0 Å². The number of hydrogen-bond acceptors (Lipinski definition) is 2. The van der Waals surface area contributed by atoms with Crippen LogP contribution in [0.15, 0.2) is 30.3 Å². The molecule has 1 heterocycles. The van der Waals surface area contributed by atoms with E-state index in [0.29, 0.717) is 24.2 Å². The number of carbonyl (C=O) groups excluding carboxylic acids is 1. The van der Waals surface area contributed by atoms with Crippen LogP contribution in [-0.4, -0.2) is 21.4 Å². The highest BCUT2D eigenvalue weighted by molar-refractivity contribution is 5.98. The maximum atomic E-state index is 13.0. The first-order valence-corrected chi connectivity index (χ1v) is 7.25. The van der Waals surface area contributed by atoms with Crippen LogP contribution in [0.4, 0.5) is 4.39 Å². The van der Waals surface area contributed by atoms with E-state index >= 15 is 0 Å². The van der Waals surface area contributed by atoms with E-state index in [0.717, 1.165) is 24.1 Å². The summed E-state index contributed by atoms with van der Waals surface area (Å²) in [6.07, 6.45) is 1.94. The summed E-state index contributed by atoms with van der Waals surface area (Å²) in [6, 6.07) is 7.82. The van der Waals surface area contributed by atoms with Crippen LogP contribution in [0, 0.1) is 5.82 Å². The lowest BCUT2D eigenvalue weighted by Gasteiger charge is -2.16. The predicted molar refractivity (Wildman–Crippen MR) is 78.5 cm³/mol. The molecule has 0 bridgehead atoms. The standard InChI is InChI=1S/C17H16FNO3/c18-12-6-4-11(5-7-12)10-19-13(9-17(21)22)8-14-15(19)2-1-3-16(14)20/h4-8H,1-3,9-10H2,(H,21,22). The number of aromatic nitrogens is 1. The van der Waals surface area contributed by atoms with E-state index < -0.39 is 5.97 Å². The van der Waals surface area contributed by atoms with Crippen molar-refractivity contribution in [2.24, 2.45) is 0 Å². The summed E-state index contributed by atoms with van der Waals surface area (Å²) in [6.45, 7) is 0.450. The molecular formula is C17H16FNO3. The molecule has 1 aromatic heterocycles. The number of rotatable bonds is 4. The molecule has 5 heteroatoms. The van der Waals surface area contributed by atoms with Gasteiger partial charge in [-0.3, -0.25) is 9.59 Å². The molecule has 1 aliphatic carbocycles. The minimum absolute atomic E-state index is 0.0748. The topological polar surface area (TPSA) is 59.3 Å². The van der Waals surface area contributed by atoms with Crippen molar-refractivity contribution in [3.63, 3.8) is 0 Å². The van der Waals surface area contributed by atoms with Crippen molar-refractivity contribution in [2.75, 3.05) is 0 Å². The summed E-state index contributed by atoms with van der Waals surface area (Å²) in [5.41, 5.74) is 3.04. The monoisotopic (exact) mass is 301 g/mol. The SMILES string of the molecule is O=C(O)Cc1cc2c(n1Cc1ccc(F)cc1)CCCC2=O. The largest absolute Gasteiger partial charge is 0.481 e. The van der Waals surface area contributed by atoms with Crippen LogP contribution in [0.3, 0.4) is 0 Å². The molecule has 0 amide bonds. The summed E-state index contributed by atoms with van der Waals surface area (Å²) in [5.74, 6) is -1.16. The number of carbonyl (C=O) groups is 2. The number of halogens is 1. The smallest absolute Gasteiger partial charge is 0.309 e. The number of nitrogens with zero attached hydrogens (tertiary/aromatic N) is 1. The molecule has 0 spiro atoms. The molecule has 114 valence electrons. The summed E-state index contributed by atoms with van der Waals surface area (Å²) < 4.78 is 14.9. The van der Waals surface area contributed by atoms with Gasteiger partial charge in [0.2, 0.25) is 0 Å². The molecule has 3 rings (SSSR count). The molecule has 0 aliphatic heterocycles. The van der Waals surface area contributed by atoms with Gasteiger partial charge in [-0.15, -0.1) is 0 Å². The van der Waals surface area contributed by atoms with Crippen LogP contribution in [0.25, 0.3) is 0 Å². The first kappa shape index (κ1) is 14.5. The van der Waals surface area contributed by atoms with Gasteiger partial charge in [-0.05, 0) is 36.6 Å². The van der Waals surface area contributed by atoms with Gasteiger partial charge in [0, 0.05) is 29.9 Å². The number of hydrogen-bond donors (Lipinski definition) is 1. The first-order valence-electron chi connectivity index (χ1n) is 7.25. The van der Waals surface area contributed by atoms with Crippen molar-refractivity contribution in [3.8, 4) is 0 Å². The Balaban J connectivity index is 2.01. The van der Waals surface area contributed by atoms with E-state index in [4.69, 9.17) is 5.11 Å². The minimum atomic E-state index is -0.928. The summed E-state index contributed by atoms with van der Waals surface area (Å²) in [7, 11) is 0. The van der Waals surface area contributed by atoms with Crippen LogP contribution in [0.2, 0.25) is 0 Å². The van der Waals surface area contributed by atoms with Gasteiger partial charge < -0.3 is 9.67 Å². The van der Waals surface area contributed by atoms with Crippen LogP contribution in [0.5, 0.6) is 0 Å². The van der Waals surface area contributed by atoms with Crippen molar-refractivity contribution in [3.05, 3.63) is 58.7 Å². The third-order valence-electron chi connectivity index (χ3n) is 4.00. The van der Waals surface area contributed by atoms with Crippen molar-refractivity contribution in [2.45, 2.75) is 32.2 Å². The molecule has 2 aromatic rings. The molecule has 0 saturated carbocycles. The number of fused-ring (bicyclic) bond motifs is 1. The maximum Gasteiger partial charge on any atom is 0.309 e. The van der Waals surface area contributed by atoms with Gasteiger partial charge in [-0.25, -0.2) is 4.39 Å². The van der Waals surface area contributed by atoms with Gasteiger partial charge in [0.05, 0.1) is 6.42 Å². The van der Waals surface area contributed by atoms with E-state index in [-0.39, 0.29) is 18.0 Å². The minimum Gasteiger partial charge on any atom is -0.481 e. The van der Waals surface area contributed by atoms with E-state index in [1.54, 1.807) is 18.2 Å². The van der Waals surface area contributed by atoms with Crippen molar-refractivity contribution in [1.29, 1.82) is 0 Å². The van der Waals surface area contributed by atoms with E-state index in [2.05, 4.69) is 0 Å². The second-order valence-corrected chi connectivity index (χ2v) is 5.56. The van der Waals surface area contributed by atoms with Gasteiger partial charge >= 0.3 is 5.97 Å². The van der Waals surface area contributed by atoms with E-state index in [1.165, 1.54) is 12.1 Å². The van der Waals surface area contributed by atoms with Crippen molar-refractivity contribution in [1.82, 2.24) is 4.57 Å². The number of ketones is 1. The zero-order valence-electron chi connectivity index (χ0n) is 12.0. The lowest BCUT2D eigenvalue weighted by atomic mass is 9.96. The Kier molecular flexibility index (Phi) is 3.79. The van der Waals surface area contributed by atoms with Crippen molar-refractivity contribution >= 4 is 11.8 Å². The molecule has 22 heavy (non-hydrogen) atoms. The van der Waals surface area contributed by atoms with E-state index in [9.17, 15) is 14.0 Å². The van der Waals surface area contributed by atoms with Gasteiger partial charge in [0.1, 0.15) is 5.82 Å². The number of Topliss-reactive ketones (excluding diaryl/α,β-unsaturated/α-hetero) is 1. The lowest BCUT2D eigenvalue weighted by molar-refractivity contribution is -0.136. The van der Waals surface area contributed by atoms with Crippen LogP contribution in [-0.2, 0) is 24.2 Å². The maximum absolute atomic E-state index is 13.0. The molecule has 1 aromatic carbocycles. The molecule has 0 atom stereocenters. The zero-order valence-corrected chi connectivity index (χ0v) is 12.0. The van der Waals surface area contributed by atoms with Gasteiger partial charge in [-0.1, -0.05) is 12.1 Å². The molecule has 0 saturated heterocycles. The molecule has 0 radical (unpaired) electrons. The highest BCUT2D eigenvalue weighted by atomic mass is 19.1. The second kappa shape index (κ2) is 5.75. The Hall–Kier alpha value is -2.43. The third kappa shape index (κ3) is 2.79. The Morgan fingerprint density at radius 3 is 2.64 bits per heavy atom. The highest BCUT2D eigenvalue weighted by Crippen LogP contribution is 2.26. The highest BCUT2D eigenvalue weighted by Gasteiger charge is 2.24. The van der Waals surface area contributed by atoms with Gasteiger partial charge in [0.25, 0.3) is 0 Å². The Morgan fingerprint density at radius 1 is 1.23 bits per heavy atom. The third-order valence-corrected chi connectivity index (χ3v) is 4.00. The molecule has 1 N–H and O–H groups in total. The lowest BCUT2D eigenvalue weighted by Crippen LogP contribution is -2.15. The number of carboxylic acids is 1. The summed E-state index contributed by atoms with van der Waals surface area (Å²) >= 11 is 0. The first-order chi connectivity index (χ1) is 10.5. The summed E-state index contributed by atoms with van der Waals surface area (Å²) in [4.78, 5) is 23.1. The predicted octanol–water partition coefficient (Wildman–Crippen LogP) is 2.82. The molecule has 0 fully saturated rings. The van der Waals surface area contributed by atoms with Crippen LogP contribution in [0.1, 0.15) is 40.2 Å². The fraction of sp³-hybridized carbons (Fsp3) is 0.294. The molecule has 4 nitrogen and oxygen atoms in total. The average Bonchev–Trinajstić information content (AvgIpc) is 2.80. The van der Waals surface area contributed by atoms with Gasteiger partial charge in [0.15, 0.2) is 5.78 Å². The van der Waals surface area contributed by atoms with Gasteiger partial charge in [-0.2, -0.15) is 0 Å². The van der Waals surface area contributed by atoms with Crippen molar-refractivity contribution < 1.29 is 19.1 Å².